The molecule has 20 heavy (non-hydrogen) atoms. The van der Waals surface area contributed by atoms with Gasteiger partial charge < -0.3 is 5.32 Å². The van der Waals surface area contributed by atoms with Gasteiger partial charge in [0.15, 0.2) is 12.4 Å². The predicted octanol–water partition coefficient (Wildman–Crippen LogP) is 2.79. The van der Waals surface area contributed by atoms with Crippen LogP contribution in [-0.2, 0) is 17.8 Å². The number of rotatable bonds is 4. The van der Waals surface area contributed by atoms with Crippen molar-refractivity contribution in [2.24, 2.45) is 0 Å². The van der Waals surface area contributed by atoms with Crippen molar-refractivity contribution >= 4 is 11.6 Å². The normalized spacial score (nSPS) is 10.3. The molecule has 2 aromatic rings. The van der Waals surface area contributed by atoms with Crippen LogP contribution in [0.4, 0.5) is 5.69 Å². The highest BCUT2D eigenvalue weighted by molar-refractivity contribution is 5.89. The van der Waals surface area contributed by atoms with E-state index < -0.39 is 0 Å². The zero-order valence-corrected chi connectivity index (χ0v) is 12.3. The fourth-order valence-electron chi connectivity index (χ4n) is 2.01. The maximum Gasteiger partial charge on any atom is 0.290 e. The summed E-state index contributed by atoms with van der Waals surface area (Å²) >= 11 is 0. The van der Waals surface area contributed by atoms with E-state index in [1.54, 1.807) is 0 Å². The van der Waals surface area contributed by atoms with Gasteiger partial charge in [-0.05, 0) is 49.1 Å². The minimum atomic E-state index is -0.0116. The molecule has 1 aromatic carbocycles. The lowest BCUT2D eigenvalue weighted by Crippen LogP contribution is -2.39. The number of hydrogen-bond donors (Lipinski definition) is 1. The minimum absolute atomic E-state index is 0.0116. The predicted molar refractivity (Wildman–Crippen MR) is 80.6 cm³/mol. The van der Waals surface area contributed by atoms with E-state index in [0.717, 1.165) is 12.1 Å². The third kappa shape index (κ3) is 3.67. The van der Waals surface area contributed by atoms with Gasteiger partial charge in [-0.2, -0.15) is 4.57 Å². The molecular formula is C17H21N2O+. The number of nitrogens with zero attached hydrogens (tertiary/aromatic N) is 1. The molecule has 1 aromatic heterocycles. The van der Waals surface area contributed by atoms with Gasteiger partial charge in [-0.1, -0.05) is 13.0 Å². The standard InChI is InChI=1S/C17H20N2O/c1-4-15-7-9-19(10-8-15)12-17(20)18-16-6-5-13(2)14(3)11-16/h5-11H,4,12H2,1-3H3/p+1. The number of pyridine rings is 1. The summed E-state index contributed by atoms with van der Waals surface area (Å²) in [4.78, 5) is 12.0. The van der Waals surface area contributed by atoms with Crippen LogP contribution in [0, 0.1) is 13.8 Å². The van der Waals surface area contributed by atoms with Gasteiger partial charge in [0.05, 0.1) is 0 Å². The first kappa shape index (κ1) is 14.3. The number of carbonyl (C=O) groups excluding carboxylic acids is 1. The Kier molecular flexibility index (Phi) is 4.51. The van der Waals surface area contributed by atoms with Gasteiger partial charge in [-0.3, -0.25) is 4.79 Å². The van der Waals surface area contributed by atoms with E-state index in [9.17, 15) is 4.79 Å². The van der Waals surface area contributed by atoms with Crippen molar-refractivity contribution in [1.82, 2.24) is 0 Å². The van der Waals surface area contributed by atoms with Gasteiger partial charge in [0.1, 0.15) is 0 Å². The summed E-state index contributed by atoms with van der Waals surface area (Å²) < 4.78 is 1.88. The molecule has 0 aliphatic carbocycles. The Balaban J connectivity index is 1.99. The molecule has 2 rings (SSSR count). The molecule has 0 atom stereocenters. The highest BCUT2D eigenvalue weighted by atomic mass is 16.1. The van der Waals surface area contributed by atoms with E-state index >= 15 is 0 Å². The van der Waals surface area contributed by atoms with Crippen LogP contribution in [0.25, 0.3) is 0 Å². The Labute approximate surface area is 120 Å². The number of carbonyl (C=O) groups is 1. The molecule has 0 bridgehead atoms. The van der Waals surface area contributed by atoms with Gasteiger partial charge in [-0.15, -0.1) is 0 Å². The number of aryl methyl sites for hydroxylation is 3. The van der Waals surface area contributed by atoms with Crippen LogP contribution in [-0.4, -0.2) is 5.91 Å². The van der Waals surface area contributed by atoms with E-state index in [2.05, 4.69) is 19.2 Å². The maximum absolute atomic E-state index is 12.0. The molecule has 3 heteroatoms. The fraction of sp³-hybridized carbons (Fsp3) is 0.294. The van der Waals surface area contributed by atoms with Gasteiger partial charge in [0.2, 0.25) is 6.54 Å². The molecule has 0 saturated heterocycles. The van der Waals surface area contributed by atoms with Crippen molar-refractivity contribution in [2.45, 2.75) is 33.7 Å². The molecule has 0 saturated carbocycles. The summed E-state index contributed by atoms with van der Waals surface area (Å²) in [5.74, 6) is -0.0116. The topological polar surface area (TPSA) is 33.0 Å². The monoisotopic (exact) mass is 269 g/mol. The number of amides is 1. The van der Waals surface area contributed by atoms with Crippen molar-refractivity contribution < 1.29 is 9.36 Å². The second-order valence-electron chi connectivity index (χ2n) is 5.08. The molecule has 0 aliphatic heterocycles. The third-order valence-electron chi connectivity index (χ3n) is 3.49. The van der Waals surface area contributed by atoms with E-state index in [1.807, 2.05) is 54.2 Å². The summed E-state index contributed by atoms with van der Waals surface area (Å²) in [5, 5.41) is 2.93. The van der Waals surface area contributed by atoms with Gasteiger partial charge >= 0.3 is 0 Å². The zero-order valence-electron chi connectivity index (χ0n) is 12.3. The summed E-state index contributed by atoms with van der Waals surface area (Å²) in [6.45, 7) is 6.55. The summed E-state index contributed by atoms with van der Waals surface area (Å²) in [5.41, 5.74) is 4.54. The van der Waals surface area contributed by atoms with Crippen molar-refractivity contribution in [2.75, 3.05) is 5.32 Å². The van der Waals surface area contributed by atoms with Crippen LogP contribution in [0.5, 0.6) is 0 Å². The average molecular weight is 269 g/mol. The molecular weight excluding hydrogens is 248 g/mol. The quantitative estimate of drug-likeness (QED) is 0.851. The highest BCUT2D eigenvalue weighted by Gasteiger charge is 2.09. The van der Waals surface area contributed by atoms with Crippen molar-refractivity contribution in [3.8, 4) is 0 Å². The van der Waals surface area contributed by atoms with Gasteiger partial charge in [0.25, 0.3) is 5.91 Å². The summed E-state index contributed by atoms with van der Waals surface area (Å²) in [7, 11) is 0. The average Bonchev–Trinajstić information content (AvgIpc) is 2.44. The zero-order chi connectivity index (χ0) is 14.5. The molecule has 1 N–H and O–H groups in total. The minimum Gasteiger partial charge on any atom is -0.321 e. The molecule has 0 spiro atoms. The van der Waals surface area contributed by atoms with E-state index in [0.29, 0.717) is 6.54 Å². The van der Waals surface area contributed by atoms with E-state index in [-0.39, 0.29) is 5.91 Å². The summed E-state index contributed by atoms with van der Waals surface area (Å²) in [6, 6.07) is 10.0. The number of nitrogens with one attached hydrogen (secondary N) is 1. The lowest BCUT2D eigenvalue weighted by molar-refractivity contribution is -0.684. The van der Waals surface area contributed by atoms with Crippen LogP contribution >= 0.6 is 0 Å². The lowest BCUT2D eigenvalue weighted by atomic mass is 10.1. The van der Waals surface area contributed by atoms with Crippen LogP contribution in [0.15, 0.2) is 42.7 Å². The molecule has 0 radical (unpaired) electrons. The fourth-order valence-corrected chi connectivity index (χ4v) is 2.01. The second-order valence-corrected chi connectivity index (χ2v) is 5.08. The Hall–Kier alpha value is -2.16. The summed E-state index contributed by atoms with van der Waals surface area (Å²) in [6.07, 6.45) is 4.90. The Morgan fingerprint density at radius 3 is 2.40 bits per heavy atom. The highest BCUT2D eigenvalue weighted by Crippen LogP contribution is 2.13. The molecule has 104 valence electrons. The number of aromatic nitrogens is 1. The van der Waals surface area contributed by atoms with Crippen molar-refractivity contribution in [3.05, 3.63) is 59.4 Å². The SMILES string of the molecule is CCc1cc[n+](CC(=O)Nc2ccc(C)c(C)c2)cc1. The molecule has 3 nitrogen and oxygen atoms in total. The Morgan fingerprint density at radius 2 is 1.80 bits per heavy atom. The Bertz CT molecular complexity index is 603. The first-order chi connectivity index (χ1) is 9.58. The molecule has 0 aliphatic rings. The number of hydrogen-bond acceptors (Lipinski definition) is 1. The van der Waals surface area contributed by atoms with Gasteiger partial charge in [0, 0.05) is 17.8 Å². The first-order valence-corrected chi connectivity index (χ1v) is 6.93. The van der Waals surface area contributed by atoms with Crippen molar-refractivity contribution in [3.63, 3.8) is 0 Å². The van der Waals surface area contributed by atoms with Gasteiger partial charge in [-0.25, -0.2) is 0 Å². The number of benzene rings is 1. The van der Waals surface area contributed by atoms with E-state index in [1.165, 1.54) is 16.7 Å². The van der Waals surface area contributed by atoms with Crippen LogP contribution in [0.1, 0.15) is 23.6 Å². The largest absolute Gasteiger partial charge is 0.321 e. The third-order valence-corrected chi connectivity index (χ3v) is 3.49. The lowest BCUT2D eigenvalue weighted by Gasteiger charge is -2.06. The molecule has 0 unspecified atom stereocenters. The van der Waals surface area contributed by atoms with Crippen LogP contribution < -0.4 is 9.88 Å². The number of anilines is 1. The molecule has 0 fully saturated rings. The van der Waals surface area contributed by atoms with E-state index in [4.69, 9.17) is 0 Å². The second kappa shape index (κ2) is 6.33. The molecule has 1 heterocycles. The van der Waals surface area contributed by atoms with Crippen LogP contribution in [0.2, 0.25) is 0 Å². The van der Waals surface area contributed by atoms with Crippen LogP contribution in [0.3, 0.4) is 0 Å². The smallest absolute Gasteiger partial charge is 0.290 e. The first-order valence-electron chi connectivity index (χ1n) is 6.93. The molecule has 1 amide bonds. The Morgan fingerprint density at radius 1 is 1.10 bits per heavy atom. The van der Waals surface area contributed by atoms with Crippen molar-refractivity contribution in [1.29, 1.82) is 0 Å². The maximum atomic E-state index is 12.0.